The summed E-state index contributed by atoms with van der Waals surface area (Å²) < 4.78 is 15.5. The van der Waals surface area contributed by atoms with Crippen LogP contribution in [0.2, 0.25) is 0 Å². The lowest BCUT2D eigenvalue weighted by Crippen LogP contribution is -2.22. The molecule has 6 nitrogen and oxygen atoms in total. The number of ketones is 1. The fourth-order valence-corrected chi connectivity index (χ4v) is 3.20. The van der Waals surface area contributed by atoms with E-state index in [-0.39, 0.29) is 11.7 Å². The smallest absolute Gasteiger partial charge is 0.237 e. The molecule has 0 aliphatic rings. The van der Waals surface area contributed by atoms with Gasteiger partial charge in [0.1, 0.15) is 12.1 Å². The standard InChI is InChI=1S/C19H17FN4O2S/c1-12(25)14-7-9-15(10-8-14)22-18(26)13(2)27-19-23-21-11-24(19)17-6-4-3-5-16(17)20/h3-11,13H,1-2H3,(H,22,26). The summed E-state index contributed by atoms with van der Waals surface area (Å²) in [5.74, 6) is -0.676. The van der Waals surface area contributed by atoms with Crippen LogP contribution in [0.1, 0.15) is 24.2 Å². The van der Waals surface area contributed by atoms with E-state index in [4.69, 9.17) is 0 Å². The summed E-state index contributed by atoms with van der Waals surface area (Å²) in [6.07, 6.45) is 1.41. The van der Waals surface area contributed by atoms with Gasteiger partial charge in [-0.3, -0.25) is 14.2 Å². The summed E-state index contributed by atoms with van der Waals surface area (Å²) in [4.78, 5) is 23.7. The normalized spacial score (nSPS) is 11.8. The number of halogens is 1. The fraction of sp³-hybridized carbons (Fsp3) is 0.158. The van der Waals surface area contributed by atoms with E-state index in [1.54, 1.807) is 49.4 Å². The Labute approximate surface area is 159 Å². The number of hydrogen-bond donors (Lipinski definition) is 1. The number of nitrogens with zero attached hydrogens (tertiary/aromatic N) is 3. The summed E-state index contributed by atoms with van der Waals surface area (Å²) in [6, 6.07) is 12.9. The zero-order valence-electron chi connectivity index (χ0n) is 14.7. The van der Waals surface area contributed by atoms with Crippen molar-refractivity contribution in [3.05, 3.63) is 66.2 Å². The molecule has 1 heterocycles. The lowest BCUT2D eigenvalue weighted by Gasteiger charge is -2.13. The van der Waals surface area contributed by atoms with Gasteiger partial charge in [0.15, 0.2) is 10.9 Å². The molecule has 2 aromatic carbocycles. The molecule has 0 saturated heterocycles. The van der Waals surface area contributed by atoms with Gasteiger partial charge in [-0.1, -0.05) is 23.9 Å². The number of rotatable bonds is 6. The molecule has 0 aliphatic carbocycles. The average Bonchev–Trinajstić information content (AvgIpc) is 3.10. The van der Waals surface area contributed by atoms with Gasteiger partial charge < -0.3 is 5.32 Å². The molecule has 0 bridgehead atoms. The van der Waals surface area contributed by atoms with Gasteiger partial charge in [-0.15, -0.1) is 10.2 Å². The number of nitrogens with one attached hydrogen (secondary N) is 1. The Morgan fingerprint density at radius 1 is 1.15 bits per heavy atom. The Morgan fingerprint density at radius 2 is 1.85 bits per heavy atom. The maximum absolute atomic E-state index is 14.0. The number of aromatic nitrogens is 3. The van der Waals surface area contributed by atoms with Crippen LogP contribution in [0.5, 0.6) is 0 Å². The monoisotopic (exact) mass is 384 g/mol. The van der Waals surface area contributed by atoms with Crippen molar-refractivity contribution >= 4 is 29.1 Å². The highest BCUT2D eigenvalue weighted by molar-refractivity contribution is 8.00. The molecule has 1 N–H and O–H groups in total. The van der Waals surface area contributed by atoms with Crippen LogP contribution in [-0.4, -0.2) is 31.7 Å². The highest BCUT2D eigenvalue weighted by Gasteiger charge is 2.19. The summed E-state index contributed by atoms with van der Waals surface area (Å²) in [7, 11) is 0. The third kappa shape index (κ3) is 4.40. The van der Waals surface area contributed by atoms with E-state index in [2.05, 4.69) is 15.5 Å². The van der Waals surface area contributed by atoms with Crippen LogP contribution in [0.3, 0.4) is 0 Å². The van der Waals surface area contributed by atoms with E-state index in [9.17, 15) is 14.0 Å². The first-order valence-corrected chi connectivity index (χ1v) is 9.07. The van der Waals surface area contributed by atoms with E-state index in [0.717, 1.165) is 0 Å². The van der Waals surface area contributed by atoms with Crippen molar-refractivity contribution < 1.29 is 14.0 Å². The Balaban J connectivity index is 1.70. The molecule has 0 aliphatic heterocycles. The molecule has 1 aromatic heterocycles. The third-order valence-corrected chi connectivity index (χ3v) is 4.90. The number of anilines is 1. The van der Waals surface area contributed by atoms with Gasteiger partial charge in [-0.25, -0.2) is 4.39 Å². The van der Waals surface area contributed by atoms with E-state index >= 15 is 0 Å². The van der Waals surface area contributed by atoms with Gasteiger partial charge in [0, 0.05) is 11.3 Å². The van der Waals surface area contributed by atoms with Gasteiger partial charge in [0.05, 0.1) is 10.9 Å². The summed E-state index contributed by atoms with van der Waals surface area (Å²) in [6.45, 7) is 3.21. The van der Waals surface area contributed by atoms with Crippen molar-refractivity contribution in [2.75, 3.05) is 5.32 Å². The lowest BCUT2D eigenvalue weighted by atomic mass is 10.1. The van der Waals surface area contributed by atoms with Gasteiger partial charge >= 0.3 is 0 Å². The molecule has 8 heteroatoms. The Bertz CT molecular complexity index is 972. The topological polar surface area (TPSA) is 76.9 Å². The summed E-state index contributed by atoms with van der Waals surface area (Å²) >= 11 is 1.17. The Morgan fingerprint density at radius 3 is 2.52 bits per heavy atom. The van der Waals surface area contributed by atoms with Crippen LogP contribution >= 0.6 is 11.8 Å². The maximum atomic E-state index is 14.0. The SMILES string of the molecule is CC(=O)c1ccc(NC(=O)C(C)Sc2nncn2-c2ccccc2F)cc1. The van der Waals surface area contributed by atoms with Crippen LogP contribution < -0.4 is 5.32 Å². The quantitative estimate of drug-likeness (QED) is 0.518. The van der Waals surface area contributed by atoms with Crippen LogP contribution in [-0.2, 0) is 4.79 Å². The highest BCUT2D eigenvalue weighted by Crippen LogP contribution is 2.25. The predicted molar refractivity (Wildman–Crippen MR) is 102 cm³/mol. The minimum atomic E-state index is -0.493. The van der Waals surface area contributed by atoms with Gasteiger partial charge in [0.2, 0.25) is 5.91 Å². The van der Waals surface area contributed by atoms with Gasteiger partial charge in [-0.2, -0.15) is 0 Å². The zero-order valence-corrected chi connectivity index (χ0v) is 15.5. The van der Waals surface area contributed by atoms with Crippen LogP contribution in [0.15, 0.2) is 60.0 Å². The first-order valence-electron chi connectivity index (χ1n) is 8.19. The highest BCUT2D eigenvalue weighted by atomic mass is 32.2. The van der Waals surface area contributed by atoms with Crippen molar-refractivity contribution in [3.63, 3.8) is 0 Å². The van der Waals surface area contributed by atoms with Crippen LogP contribution in [0.4, 0.5) is 10.1 Å². The molecule has 27 heavy (non-hydrogen) atoms. The number of para-hydroxylation sites is 1. The molecular weight excluding hydrogens is 367 g/mol. The van der Waals surface area contributed by atoms with Gasteiger partial charge in [0.25, 0.3) is 0 Å². The van der Waals surface area contributed by atoms with E-state index in [0.29, 0.717) is 22.1 Å². The maximum Gasteiger partial charge on any atom is 0.237 e. The molecule has 0 fully saturated rings. The largest absolute Gasteiger partial charge is 0.325 e. The Hall–Kier alpha value is -3.00. The van der Waals surface area contributed by atoms with Crippen molar-refractivity contribution in [2.45, 2.75) is 24.3 Å². The van der Waals surface area contributed by atoms with Crippen LogP contribution in [0.25, 0.3) is 5.69 Å². The predicted octanol–water partition coefficient (Wildman–Crippen LogP) is 3.73. The molecular formula is C19H17FN4O2S. The van der Waals surface area contributed by atoms with Crippen molar-refractivity contribution in [2.24, 2.45) is 0 Å². The van der Waals surface area contributed by atoms with Gasteiger partial charge in [-0.05, 0) is 50.2 Å². The minimum Gasteiger partial charge on any atom is -0.325 e. The van der Waals surface area contributed by atoms with Crippen LogP contribution in [0, 0.1) is 5.82 Å². The van der Waals surface area contributed by atoms with Crippen molar-refractivity contribution in [1.82, 2.24) is 14.8 Å². The van der Waals surface area contributed by atoms with Crippen molar-refractivity contribution in [1.29, 1.82) is 0 Å². The minimum absolute atomic E-state index is 0.0377. The lowest BCUT2D eigenvalue weighted by molar-refractivity contribution is -0.115. The molecule has 0 spiro atoms. The number of amides is 1. The number of carbonyl (C=O) groups excluding carboxylic acids is 2. The molecule has 0 radical (unpaired) electrons. The number of thioether (sulfide) groups is 1. The second-order valence-corrected chi connectivity index (χ2v) is 7.13. The molecule has 1 unspecified atom stereocenters. The van der Waals surface area contributed by atoms with E-state index < -0.39 is 11.1 Å². The second kappa shape index (κ2) is 8.13. The van der Waals surface area contributed by atoms with E-state index in [1.807, 2.05) is 0 Å². The molecule has 0 saturated carbocycles. The van der Waals surface area contributed by atoms with E-state index in [1.165, 1.54) is 35.6 Å². The molecule has 3 rings (SSSR count). The molecule has 138 valence electrons. The first-order chi connectivity index (χ1) is 13.0. The zero-order chi connectivity index (χ0) is 19.4. The number of carbonyl (C=O) groups is 2. The summed E-state index contributed by atoms with van der Waals surface area (Å²) in [5.41, 5.74) is 1.49. The summed E-state index contributed by atoms with van der Waals surface area (Å²) in [5, 5.41) is 10.5. The number of hydrogen-bond acceptors (Lipinski definition) is 5. The molecule has 1 amide bonds. The number of benzene rings is 2. The molecule has 3 aromatic rings. The third-order valence-electron chi connectivity index (χ3n) is 3.84. The second-order valence-electron chi connectivity index (χ2n) is 5.82. The average molecular weight is 384 g/mol. The number of Topliss-reactive ketones (excluding diaryl/α,β-unsaturated/α-hetero) is 1. The fourth-order valence-electron chi connectivity index (χ4n) is 2.36. The molecule has 1 atom stereocenters. The van der Waals surface area contributed by atoms with Crippen molar-refractivity contribution in [3.8, 4) is 5.69 Å². The first kappa shape index (κ1) is 18.8. The Kier molecular flexibility index (Phi) is 5.66.